The quantitative estimate of drug-likeness (QED) is 0.907. The number of hydrogen-bond acceptors (Lipinski definition) is 5. The average molecular weight is 340 g/mol. The molecule has 0 unspecified atom stereocenters. The number of aromatic nitrogens is 1. The molecular weight excluding hydrogens is 319 g/mol. The number of nitrogens with zero attached hydrogens (tertiary/aromatic N) is 3. The number of rotatable bonds is 5. The smallest absolute Gasteiger partial charge is 0.215 e. The van der Waals surface area contributed by atoms with E-state index >= 15 is 0 Å². The van der Waals surface area contributed by atoms with E-state index in [4.69, 9.17) is 10.00 Å². The Labute approximate surface area is 147 Å². The largest absolute Gasteiger partial charge is 0.473 e. The number of halogens is 1. The van der Waals surface area contributed by atoms with Gasteiger partial charge >= 0.3 is 0 Å². The fourth-order valence-corrected chi connectivity index (χ4v) is 2.95. The number of benzene rings is 1. The van der Waals surface area contributed by atoms with Crippen LogP contribution >= 0.6 is 0 Å². The molecule has 1 saturated heterocycles. The Kier molecular flexibility index (Phi) is 5.46. The lowest BCUT2D eigenvalue weighted by molar-refractivity contribution is 0.288. The van der Waals surface area contributed by atoms with Gasteiger partial charge in [0.05, 0.1) is 11.6 Å². The van der Waals surface area contributed by atoms with Crippen molar-refractivity contribution in [2.24, 2.45) is 0 Å². The van der Waals surface area contributed by atoms with Crippen molar-refractivity contribution in [2.45, 2.75) is 25.5 Å². The first kappa shape index (κ1) is 17.2. The first-order valence-electron chi connectivity index (χ1n) is 8.39. The molecule has 1 fully saturated rings. The number of nitriles is 1. The van der Waals surface area contributed by atoms with Crippen LogP contribution in [0.1, 0.15) is 24.0 Å². The highest BCUT2D eigenvalue weighted by Crippen LogP contribution is 2.21. The molecule has 2 heterocycles. The van der Waals surface area contributed by atoms with Crippen LogP contribution in [-0.2, 0) is 6.61 Å². The van der Waals surface area contributed by atoms with Crippen molar-refractivity contribution in [3.63, 3.8) is 0 Å². The van der Waals surface area contributed by atoms with Gasteiger partial charge in [0.25, 0.3) is 0 Å². The highest BCUT2D eigenvalue weighted by atomic mass is 19.1. The van der Waals surface area contributed by atoms with E-state index in [0.29, 0.717) is 23.0 Å². The van der Waals surface area contributed by atoms with Gasteiger partial charge in [0.15, 0.2) is 0 Å². The Morgan fingerprint density at radius 1 is 1.32 bits per heavy atom. The normalized spacial score (nSPS) is 14.8. The second-order valence-electron chi connectivity index (χ2n) is 6.13. The van der Waals surface area contributed by atoms with Crippen molar-refractivity contribution in [1.29, 1.82) is 5.26 Å². The van der Waals surface area contributed by atoms with E-state index in [0.717, 1.165) is 31.7 Å². The Bertz CT molecular complexity index is 768. The summed E-state index contributed by atoms with van der Waals surface area (Å²) >= 11 is 0. The summed E-state index contributed by atoms with van der Waals surface area (Å²) in [6.45, 7) is 2.11. The molecule has 0 atom stereocenters. The molecule has 6 heteroatoms. The monoisotopic (exact) mass is 340 g/mol. The zero-order chi connectivity index (χ0) is 17.6. The minimum Gasteiger partial charge on any atom is -0.473 e. The average Bonchev–Trinajstić information content (AvgIpc) is 2.67. The van der Waals surface area contributed by atoms with Gasteiger partial charge in [-0.15, -0.1) is 0 Å². The molecule has 0 aliphatic carbocycles. The molecule has 1 aliphatic rings. The predicted octanol–water partition coefficient (Wildman–Crippen LogP) is 2.86. The number of pyridine rings is 1. The van der Waals surface area contributed by atoms with E-state index in [1.54, 1.807) is 18.2 Å². The van der Waals surface area contributed by atoms with Crippen LogP contribution in [0.2, 0.25) is 0 Å². The lowest BCUT2D eigenvalue weighted by Crippen LogP contribution is -2.41. The third kappa shape index (κ3) is 4.25. The molecule has 1 N–H and O–H groups in total. The fourth-order valence-electron chi connectivity index (χ4n) is 2.95. The molecular formula is C19H21FN4O. The van der Waals surface area contributed by atoms with Gasteiger partial charge in [0.2, 0.25) is 5.88 Å². The summed E-state index contributed by atoms with van der Waals surface area (Å²) in [6.07, 6.45) is 2.17. The molecule has 1 aromatic carbocycles. The second-order valence-corrected chi connectivity index (χ2v) is 6.13. The first-order valence-corrected chi connectivity index (χ1v) is 8.39. The van der Waals surface area contributed by atoms with Gasteiger partial charge in [-0.2, -0.15) is 10.2 Å². The number of nitrogens with one attached hydrogen (secondary N) is 1. The van der Waals surface area contributed by atoms with Gasteiger partial charge in [-0.05, 0) is 44.1 Å². The van der Waals surface area contributed by atoms with Crippen LogP contribution < -0.4 is 15.0 Å². The molecule has 25 heavy (non-hydrogen) atoms. The molecule has 0 bridgehead atoms. The molecule has 5 nitrogen and oxygen atoms in total. The molecule has 130 valence electrons. The minimum atomic E-state index is -0.443. The topological polar surface area (TPSA) is 61.2 Å². The zero-order valence-electron chi connectivity index (χ0n) is 14.2. The fraction of sp³-hybridized carbons (Fsp3) is 0.368. The Morgan fingerprint density at radius 2 is 2.12 bits per heavy atom. The van der Waals surface area contributed by atoms with Gasteiger partial charge in [0, 0.05) is 24.7 Å². The van der Waals surface area contributed by atoms with E-state index < -0.39 is 5.82 Å². The van der Waals surface area contributed by atoms with Gasteiger partial charge in [0.1, 0.15) is 18.2 Å². The molecule has 0 radical (unpaired) electrons. The summed E-state index contributed by atoms with van der Waals surface area (Å²) in [4.78, 5) is 6.71. The number of ether oxygens (including phenoxy) is 1. The SMILES string of the molecule is CN(c1cccc(OCc2ccc(C#N)cc2F)n1)C1CCNCC1. The van der Waals surface area contributed by atoms with Crippen LogP contribution in [0.4, 0.5) is 10.2 Å². The summed E-state index contributed by atoms with van der Waals surface area (Å²) < 4.78 is 19.6. The lowest BCUT2D eigenvalue weighted by atomic mass is 10.1. The zero-order valence-corrected chi connectivity index (χ0v) is 14.2. The van der Waals surface area contributed by atoms with Crippen LogP contribution in [0.15, 0.2) is 36.4 Å². The second kappa shape index (κ2) is 7.95. The maximum absolute atomic E-state index is 13.9. The van der Waals surface area contributed by atoms with Crippen LogP contribution in [0.3, 0.4) is 0 Å². The molecule has 0 saturated carbocycles. The lowest BCUT2D eigenvalue weighted by Gasteiger charge is -2.32. The minimum absolute atomic E-state index is 0.0745. The summed E-state index contributed by atoms with van der Waals surface area (Å²) in [5.41, 5.74) is 0.697. The van der Waals surface area contributed by atoms with E-state index in [2.05, 4.69) is 15.2 Å². The molecule has 0 amide bonds. The molecule has 0 spiro atoms. The van der Waals surface area contributed by atoms with E-state index in [9.17, 15) is 4.39 Å². The van der Waals surface area contributed by atoms with Crippen LogP contribution in [0.5, 0.6) is 5.88 Å². The van der Waals surface area contributed by atoms with Crippen molar-refractivity contribution < 1.29 is 9.13 Å². The Morgan fingerprint density at radius 3 is 2.84 bits per heavy atom. The van der Waals surface area contributed by atoms with Crippen LogP contribution in [0, 0.1) is 17.1 Å². The maximum atomic E-state index is 13.9. The van der Waals surface area contributed by atoms with Gasteiger partial charge in [-0.1, -0.05) is 12.1 Å². The molecule has 2 aromatic rings. The number of hydrogen-bond donors (Lipinski definition) is 1. The number of anilines is 1. The third-order valence-electron chi connectivity index (χ3n) is 4.48. The summed E-state index contributed by atoms with van der Waals surface area (Å²) in [7, 11) is 2.04. The summed E-state index contributed by atoms with van der Waals surface area (Å²) in [5, 5.41) is 12.1. The summed E-state index contributed by atoms with van der Waals surface area (Å²) in [5.74, 6) is 0.869. The van der Waals surface area contributed by atoms with E-state index in [1.807, 2.05) is 25.2 Å². The van der Waals surface area contributed by atoms with Crippen molar-refractivity contribution in [3.05, 3.63) is 53.3 Å². The third-order valence-corrected chi connectivity index (χ3v) is 4.48. The van der Waals surface area contributed by atoms with Gasteiger partial charge in [-0.3, -0.25) is 0 Å². The standard InChI is InChI=1S/C19H21FN4O/c1-24(16-7-9-22-10-8-16)18-3-2-4-19(23-18)25-13-15-6-5-14(12-21)11-17(15)20/h2-6,11,16,22H,7-10,13H2,1H3. The van der Waals surface area contributed by atoms with Crippen molar-refractivity contribution in [2.75, 3.05) is 25.0 Å². The van der Waals surface area contributed by atoms with Crippen LogP contribution in [0.25, 0.3) is 0 Å². The molecule has 1 aliphatic heterocycles. The molecule has 1 aromatic heterocycles. The van der Waals surface area contributed by atoms with Crippen molar-refractivity contribution >= 4 is 5.82 Å². The Balaban J connectivity index is 1.66. The Hall–Kier alpha value is -2.65. The van der Waals surface area contributed by atoms with Gasteiger partial charge in [-0.25, -0.2) is 4.39 Å². The predicted molar refractivity (Wildman–Crippen MR) is 94.0 cm³/mol. The maximum Gasteiger partial charge on any atom is 0.215 e. The van der Waals surface area contributed by atoms with Gasteiger partial charge < -0.3 is 15.0 Å². The molecule has 3 rings (SSSR count). The highest BCUT2D eigenvalue weighted by Gasteiger charge is 2.19. The first-order chi connectivity index (χ1) is 12.2. The van der Waals surface area contributed by atoms with Crippen LogP contribution in [-0.4, -0.2) is 31.2 Å². The highest BCUT2D eigenvalue weighted by molar-refractivity contribution is 5.41. The number of piperidine rings is 1. The van der Waals surface area contributed by atoms with E-state index in [-0.39, 0.29) is 6.61 Å². The van der Waals surface area contributed by atoms with Crippen molar-refractivity contribution in [1.82, 2.24) is 10.3 Å². The van der Waals surface area contributed by atoms with Crippen molar-refractivity contribution in [3.8, 4) is 11.9 Å². The van der Waals surface area contributed by atoms with E-state index in [1.165, 1.54) is 6.07 Å². The summed E-state index contributed by atoms with van der Waals surface area (Å²) in [6, 6.07) is 12.4.